The Kier molecular flexibility index (Phi) is 4.65. The number of aryl methyl sites for hydroxylation is 2. The van der Waals surface area contributed by atoms with E-state index < -0.39 is 10.0 Å². The summed E-state index contributed by atoms with van der Waals surface area (Å²) < 4.78 is 33.7. The summed E-state index contributed by atoms with van der Waals surface area (Å²) in [7, 11) is -3.67. The minimum absolute atomic E-state index is 0.225. The van der Waals surface area contributed by atoms with Crippen LogP contribution in [0.4, 0.5) is 5.69 Å². The van der Waals surface area contributed by atoms with Gasteiger partial charge in [-0.25, -0.2) is 13.4 Å². The van der Waals surface area contributed by atoms with E-state index in [1.54, 1.807) is 30.3 Å². The number of aromatic nitrogens is 1. The first-order valence-corrected chi connectivity index (χ1v) is 10.5. The summed E-state index contributed by atoms with van der Waals surface area (Å²) in [4.78, 5) is 4.72. The van der Waals surface area contributed by atoms with Crippen molar-refractivity contribution < 1.29 is 12.8 Å². The first-order valence-electron chi connectivity index (χ1n) is 9.04. The Morgan fingerprint density at radius 3 is 2.50 bits per heavy atom. The van der Waals surface area contributed by atoms with Gasteiger partial charge in [0.1, 0.15) is 5.52 Å². The van der Waals surface area contributed by atoms with E-state index in [9.17, 15) is 8.42 Å². The number of sulfonamides is 1. The molecule has 4 rings (SSSR count). The molecule has 0 saturated heterocycles. The second-order valence-corrected chi connectivity index (χ2v) is 8.36. The Bertz CT molecular complexity index is 1240. The number of nitrogens with zero attached hydrogens (tertiary/aromatic N) is 1. The number of fused-ring (bicyclic) bond motifs is 1. The Morgan fingerprint density at radius 2 is 1.79 bits per heavy atom. The van der Waals surface area contributed by atoms with Crippen molar-refractivity contribution in [2.24, 2.45) is 0 Å². The van der Waals surface area contributed by atoms with Gasteiger partial charge in [-0.15, -0.1) is 0 Å². The lowest BCUT2D eigenvalue weighted by Gasteiger charge is -2.08. The third-order valence-corrected chi connectivity index (χ3v) is 5.94. The highest BCUT2D eigenvalue weighted by atomic mass is 32.2. The number of rotatable bonds is 5. The summed E-state index contributed by atoms with van der Waals surface area (Å²) in [6.07, 6.45) is 0.860. The molecule has 0 aliphatic heterocycles. The fraction of sp³-hybridized carbons (Fsp3) is 0.136. The summed E-state index contributed by atoms with van der Waals surface area (Å²) in [5, 5.41) is 0. The summed E-state index contributed by atoms with van der Waals surface area (Å²) >= 11 is 0. The molecule has 5 nitrogen and oxygen atoms in total. The Balaban J connectivity index is 1.64. The predicted molar refractivity (Wildman–Crippen MR) is 111 cm³/mol. The summed E-state index contributed by atoms with van der Waals surface area (Å²) in [5.74, 6) is 0.508. The molecule has 0 fully saturated rings. The Morgan fingerprint density at radius 1 is 1.00 bits per heavy atom. The number of hydrogen-bond donors (Lipinski definition) is 1. The average Bonchev–Trinajstić information content (AvgIpc) is 3.11. The highest BCUT2D eigenvalue weighted by Gasteiger charge is 2.15. The minimum atomic E-state index is -3.67. The van der Waals surface area contributed by atoms with Gasteiger partial charge in [-0.05, 0) is 55.3 Å². The third-order valence-electron chi connectivity index (χ3n) is 4.55. The van der Waals surface area contributed by atoms with Gasteiger partial charge in [0.25, 0.3) is 10.0 Å². The van der Waals surface area contributed by atoms with E-state index in [0.29, 0.717) is 22.7 Å². The second-order valence-electron chi connectivity index (χ2n) is 6.67. The molecule has 0 amide bonds. The second kappa shape index (κ2) is 7.13. The van der Waals surface area contributed by atoms with Gasteiger partial charge in [0.15, 0.2) is 5.58 Å². The van der Waals surface area contributed by atoms with Crippen LogP contribution >= 0.6 is 0 Å². The topological polar surface area (TPSA) is 72.2 Å². The van der Waals surface area contributed by atoms with E-state index >= 15 is 0 Å². The molecule has 0 bridgehead atoms. The fourth-order valence-electron chi connectivity index (χ4n) is 3.01. The van der Waals surface area contributed by atoms with Crippen molar-refractivity contribution in [3.05, 3.63) is 77.9 Å². The zero-order valence-corrected chi connectivity index (χ0v) is 16.5. The molecular weight excluding hydrogens is 372 g/mol. The van der Waals surface area contributed by atoms with Crippen LogP contribution in [0.25, 0.3) is 22.6 Å². The quantitative estimate of drug-likeness (QED) is 0.509. The molecule has 28 heavy (non-hydrogen) atoms. The number of hydrogen-bond acceptors (Lipinski definition) is 4. The molecule has 6 heteroatoms. The van der Waals surface area contributed by atoms with Gasteiger partial charge >= 0.3 is 0 Å². The molecule has 0 saturated carbocycles. The van der Waals surface area contributed by atoms with Gasteiger partial charge in [-0.1, -0.05) is 36.8 Å². The van der Waals surface area contributed by atoms with Crippen LogP contribution < -0.4 is 4.72 Å². The molecular formula is C22H20N2O3S. The first-order chi connectivity index (χ1) is 13.4. The molecule has 0 aliphatic carbocycles. The van der Waals surface area contributed by atoms with Crippen molar-refractivity contribution in [2.45, 2.75) is 25.2 Å². The minimum Gasteiger partial charge on any atom is -0.436 e. The summed E-state index contributed by atoms with van der Waals surface area (Å²) in [6.45, 7) is 4.03. The van der Waals surface area contributed by atoms with E-state index in [-0.39, 0.29) is 4.90 Å². The van der Waals surface area contributed by atoms with Crippen LogP contribution in [-0.2, 0) is 16.4 Å². The standard InChI is InChI=1S/C22H20N2O3S/c1-3-16-7-10-19(11-8-16)28(25,26)24-18-9-12-20-21(14-18)27-22(23-20)17-6-4-5-15(2)13-17/h4-14,24H,3H2,1-2H3. The number of oxazole rings is 1. The van der Waals surface area contributed by atoms with Crippen molar-refractivity contribution in [2.75, 3.05) is 4.72 Å². The summed E-state index contributed by atoms with van der Waals surface area (Å²) in [5.41, 5.74) is 4.71. The SMILES string of the molecule is CCc1ccc(S(=O)(=O)Nc2ccc3nc(-c4cccc(C)c4)oc3c2)cc1. The highest BCUT2D eigenvalue weighted by Crippen LogP contribution is 2.27. The van der Waals surface area contributed by atoms with Gasteiger partial charge in [0.2, 0.25) is 5.89 Å². The molecule has 0 atom stereocenters. The van der Waals surface area contributed by atoms with Crippen molar-refractivity contribution >= 4 is 26.8 Å². The third kappa shape index (κ3) is 3.64. The van der Waals surface area contributed by atoms with Crippen LogP contribution in [0.2, 0.25) is 0 Å². The molecule has 3 aromatic carbocycles. The average molecular weight is 392 g/mol. The molecule has 4 aromatic rings. The van der Waals surface area contributed by atoms with E-state index in [1.807, 2.05) is 50.2 Å². The van der Waals surface area contributed by atoms with Crippen molar-refractivity contribution in [3.8, 4) is 11.5 Å². The van der Waals surface area contributed by atoms with E-state index in [2.05, 4.69) is 9.71 Å². The van der Waals surface area contributed by atoms with Crippen LogP contribution in [0, 0.1) is 6.92 Å². The van der Waals surface area contributed by atoms with Crippen LogP contribution in [0.15, 0.2) is 76.0 Å². The molecule has 0 aliphatic rings. The Hall–Kier alpha value is -3.12. The number of benzene rings is 3. The normalized spacial score (nSPS) is 11.6. The lowest BCUT2D eigenvalue weighted by atomic mass is 10.1. The molecule has 142 valence electrons. The van der Waals surface area contributed by atoms with Crippen molar-refractivity contribution in [3.63, 3.8) is 0 Å². The van der Waals surface area contributed by atoms with Gasteiger partial charge in [-0.3, -0.25) is 4.72 Å². The van der Waals surface area contributed by atoms with Crippen molar-refractivity contribution in [1.29, 1.82) is 0 Å². The van der Waals surface area contributed by atoms with E-state index in [4.69, 9.17) is 4.42 Å². The van der Waals surface area contributed by atoms with Crippen LogP contribution in [-0.4, -0.2) is 13.4 Å². The summed E-state index contributed by atoms with van der Waals surface area (Å²) in [6, 6.07) is 19.8. The lowest BCUT2D eigenvalue weighted by Crippen LogP contribution is -2.12. The maximum Gasteiger partial charge on any atom is 0.261 e. The van der Waals surface area contributed by atoms with Gasteiger partial charge < -0.3 is 4.42 Å². The van der Waals surface area contributed by atoms with E-state index in [1.165, 1.54) is 0 Å². The van der Waals surface area contributed by atoms with Crippen LogP contribution in [0.5, 0.6) is 0 Å². The molecule has 0 radical (unpaired) electrons. The predicted octanol–water partition coefficient (Wildman–Crippen LogP) is 5.17. The largest absolute Gasteiger partial charge is 0.436 e. The van der Waals surface area contributed by atoms with Crippen LogP contribution in [0.3, 0.4) is 0 Å². The van der Waals surface area contributed by atoms with Gasteiger partial charge in [0, 0.05) is 11.6 Å². The number of nitrogens with one attached hydrogen (secondary N) is 1. The smallest absolute Gasteiger partial charge is 0.261 e. The van der Waals surface area contributed by atoms with Gasteiger partial charge in [-0.2, -0.15) is 0 Å². The highest BCUT2D eigenvalue weighted by molar-refractivity contribution is 7.92. The monoisotopic (exact) mass is 392 g/mol. The zero-order valence-electron chi connectivity index (χ0n) is 15.6. The zero-order chi connectivity index (χ0) is 19.7. The molecule has 0 unspecified atom stereocenters. The molecule has 1 N–H and O–H groups in total. The molecule has 1 aromatic heterocycles. The fourth-order valence-corrected chi connectivity index (χ4v) is 4.06. The lowest BCUT2D eigenvalue weighted by molar-refractivity contribution is 0.601. The maximum atomic E-state index is 12.6. The first kappa shape index (κ1) is 18.3. The van der Waals surface area contributed by atoms with Gasteiger partial charge in [0.05, 0.1) is 10.6 Å². The maximum absolute atomic E-state index is 12.6. The van der Waals surface area contributed by atoms with E-state index in [0.717, 1.165) is 23.1 Å². The number of anilines is 1. The molecule has 0 spiro atoms. The molecule has 1 heterocycles. The Labute approximate surface area is 164 Å². The van der Waals surface area contributed by atoms with Crippen molar-refractivity contribution in [1.82, 2.24) is 4.98 Å². The van der Waals surface area contributed by atoms with Crippen LogP contribution in [0.1, 0.15) is 18.1 Å².